The van der Waals surface area contributed by atoms with E-state index in [1.165, 1.54) is 0 Å². The summed E-state index contributed by atoms with van der Waals surface area (Å²) in [5.74, 6) is 0. The van der Waals surface area contributed by atoms with Crippen LogP contribution in [-0.4, -0.2) is 35.5 Å². The second-order valence-corrected chi connectivity index (χ2v) is 3.57. The van der Waals surface area contributed by atoms with E-state index in [9.17, 15) is 0 Å². The van der Waals surface area contributed by atoms with Crippen LogP contribution in [0.4, 0.5) is 0 Å². The van der Waals surface area contributed by atoms with Crippen molar-refractivity contribution >= 4 is 12.1 Å². The van der Waals surface area contributed by atoms with Gasteiger partial charge < -0.3 is 10.2 Å². The zero-order valence-electron chi connectivity index (χ0n) is 5.17. The average molecular weight is 154 g/mol. The molecule has 1 fully saturated rings. The van der Waals surface area contributed by atoms with Crippen LogP contribution in [0.2, 0.25) is 0 Å². The maximum Gasteiger partial charge on any atom is 0.0944 e. The van der Waals surface area contributed by atoms with Gasteiger partial charge in [0.05, 0.1) is 12.2 Å². The summed E-state index contributed by atoms with van der Waals surface area (Å²) in [6, 6.07) is 0. The fraction of sp³-hybridized carbons (Fsp3) is 1.00. The highest BCUT2D eigenvalue weighted by molar-refractivity contribution is 7.95. The van der Waals surface area contributed by atoms with Crippen molar-refractivity contribution < 1.29 is 10.2 Å². The van der Waals surface area contributed by atoms with E-state index in [-0.39, 0.29) is 0 Å². The molecule has 58 valence electrons. The quantitative estimate of drug-likeness (QED) is 0.309. The van der Waals surface area contributed by atoms with Gasteiger partial charge in [-0.15, -0.1) is 0 Å². The van der Waals surface area contributed by atoms with Crippen LogP contribution in [-0.2, 0) is 0 Å². The van der Waals surface area contributed by atoms with Gasteiger partial charge in [-0.3, -0.25) is 9.44 Å². The number of aliphatic hydroxyl groups excluding tert-OH is 2. The van der Waals surface area contributed by atoms with Gasteiger partial charge in [0.1, 0.15) is 0 Å². The number of rotatable bonds is 0. The van der Waals surface area contributed by atoms with E-state index in [4.69, 9.17) is 10.2 Å². The van der Waals surface area contributed by atoms with E-state index in [0.29, 0.717) is 13.1 Å². The molecule has 9 heavy (non-hydrogen) atoms. The zero-order valence-corrected chi connectivity index (χ0v) is 6.58. The maximum absolute atomic E-state index is 9.03. The Balaban J connectivity index is 2.32. The molecule has 0 aromatic rings. The van der Waals surface area contributed by atoms with Crippen LogP contribution < -0.4 is 9.44 Å². The molecule has 1 aliphatic rings. The molecular formula is C4H14N2O2S. The Morgan fingerprint density at radius 2 is 1.56 bits per heavy atom. The lowest BCUT2D eigenvalue weighted by Gasteiger charge is -2.11. The van der Waals surface area contributed by atoms with Gasteiger partial charge in [0.2, 0.25) is 0 Å². The second-order valence-electron chi connectivity index (χ2n) is 2.22. The Labute approximate surface area is 57.9 Å². The van der Waals surface area contributed by atoms with E-state index in [1.807, 2.05) is 0 Å². The lowest BCUT2D eigenvalue weighted by molar-refractivity contribution is 0.0299. The third-order valence-electron chi connectivity index (χ3n) is 1.40. The fourth-order valence-electron chi connectivity index (χ4n) is 0.801. The summed E-state index contributed by atoms with van der Waals surface area (Å²) in [6.45, 7) is 1.06. The minimum Gasteiger partial charge on any atom is -0.389 e. The van der Waals surface area contributed by atoms with E-state index in [1.54, 1.807) is 0 Å². The number of aliphatic hydroxyl groups is 2. The van der Waals surface area contributed by atoms with Gasteiger partial charge in [0.25, 0.3) is 0 Å². The largest absolute Gasteiger partial charge is 0.389 e. The van der Waals surface area contributed by atoms with Crippen LogP contribution in [0.25, 0.3) is 0 Å². The normalized spacial score (nSPS) is 38.9. The Kier molecular flexibility index (Phi) is 2.74. The van der Waals surface area contributed by atoms with Crippen LogP contribution in [0, 0.1) is 0 Å². The standard InChI is InChI=1S/C4H14N2O2S/c7-3-1-5-9-6-2-4(3)8/h3-8H,1-2H2,9H4. The molecule has 0 aliphatic carbocycles. The second kappa shape index (κ2) is 3.38. The summed E-state index contributed by atoms with van der Waals surface area (Å²) < 4.78 is 6.09. The summed E-state index contributed by atoms with van der Waals surface area (Å²) >= 11 is -0.410. The summed E-state index contributed by atoms with van der Waals surface area (Å²) in [6.07, 6.45) is -1.18. The van der Waals surface area contributed by atoms with Crippen LogP contribution >= 0.6 is 12.1 Å². The molecule has 1 rings (SSSR count). The van der Waals surface area contributed by atoms with Gasteiger partial charge in [-0.1, -0.05) is 0 Å². The highest BCUT2D eigenvalue weighted by Crippen LogP contribution is 1.99. The van der Waals surface area contributed by atoms with E-state index in [0.717, 1.165) is 0 Å². The van der Waals surface area contributed by atoms with Crippen molar-refractivity contribution in [3.8, 4) is 0 Å². The highest BCUT2D eigenvalue weighted by atomic mass is 32.2. The predicted molar refractivity (Wildman–Crippen MR) is 41.2 cm³/mol. The third kappa shape index (κ3) is 2.11. The first-order chi connectivity index (χ1) is 4.30. The Bertz CT molecular complexity index is 82.6. The lowest BCUT2D eigenvalue weighted by Crippen LogP contribution is -2.34. The lowest BCUT2D eigenvalue weighted by atomic mass is 10.2. The van der Waals surface area contributed by atoms with Gasteiger partial charge in [-0.05, 0) is 0 Å². The minimum absolute atomic E-state index is 0.410. The van der Waals surface area contributed by atoms with Crippen LogP contribution in [0.5, 0.6) is 0 Å². The monoisotopic (exact) mass is 154 g/mol. The molecule has 4 nitrogen and oxygen atoms in total. The molecule has 1 heterocycles. The van der Waals surface area contributed by atoms with Gasteiger partial charge in [0, 0.05) is 13.1 Å². The molecule has 0 aromatic carbocycles. The Morgan fingerprint density at radius 1 is 1.11 bits per heavy atom. The maximum atomic E-state index is 9.03. The first kappa shape index (κ1) is 7.30. The van der Waals surface area contributed by atoms with Crippen molar-refractivity contribution in [1.82, 2.24) is 9.44 Å². The smallest absolute Gasteiger partial charge is 0.0944 e. The molecule has 0 amide bonds. The predicted octanol–water partition coefficient (Wildman–Crippen LogP) is -2.61. The van der Waals surface area contributed by atoms with Crippen molar-refractivity contribution in [2.24, 2.45) is 0 Å². The molecule has 1 saturated heterocycles. The molecule has 4 N–H and O–H groups in total. The SMILES string of the molecule is OC1CN[SH4]NCC1O. The number of β-amino-alcohol motifs (C(OH)–C–C–N with tert-alkyl or cyclic N) is 2. The molecule has 5 heteroatoms. The molecule has 0 radical (unpaired) electrons. The summed E-state index contributed by atoms with van der Waals surface area (Å²) in [4.78, 5) is 0. The first-order valence-corrected chi connectivity index (χ1v) is 4.49. The van der Waals surface area contributed by atoms with Crippen molar-refractivity contribution in [1.29, 1.82) is 0 Å². The van der Waals surface area contributed by atoms with Gasteiger partial charge in [0.15, 0.2) is 0 Å². The molecule has 2 atom stereocenters. The molecule has 0 aromatic heterocycles. The average Bonchev–Trinajstić information content (AvgIpc) is 1.99. The Morgan fingerprint density at radius 3 is 2.00 bits per heavy atom. The van der Waals surface area contributed by atoms with Crippen molar-refractivity contribution in [2.45, 2.75) is 12.2 Å². The molecule has 0 spiro atoms. The molecule has 2 unspecified atom stereocenters. The summed E-state index contributed by atoms with van der Waals surface area (Å²) in [5, 5.41) is 18.1. The molecule has 1 aliphatic heterocycles. The third-order valence-corrected chi connectivity index (χ3v) is 2.48. The number of hydrogen-bond donors (Lipinski definition) is 4. The summed E-state index contributed by atoms with van der Waals surface area (Å²) in [5.41, 5.74) is 0. The van der Waals surface area contributed by atoms with Gasteiger partial charge >= 0.3 is 0 Å². The fourth-order valence-corrected chi connectivity index (χ4v) is 1.86. The van der Waals surface area contributed by atoms with Crippen LogP contribution in [0.3, 0.4) is 0 Å². The molecule has 0 saturated carbocycles. The topological polar surface area (TPSA) is 64.5 Å². The van der Waals surface area contributed by atoms with Crippen LogP contribution in [0.1, 0.15) is 0 Å². The highest BCUT2D eigenvalue weighted by Gasteiger charge is 2.16. The molecular weight excluding hydrogens is 140 g/mol. The zero-order chi connectivity index (χ0) is 6.69. The van der Waals surface area contributed by atoms with Crippen molar-refractivity contribution in [3.63, 3.8) is 0 Å². The first-order valence-electron chi connectivity index (χ1n) is 3.08. The van der Waals surface area contributed by atoms with Gasteiger partial charge in [-0.25, -0.2) is 12.1 Å². The van der Waals surface area contributed by atoms with E-state index in [2.05, 4.69) is 9.44 Å². The molecule has 0 bridgehead atoms. The van der Waals surface area contributed by atoms with Crippen molar-refractivity contribution in [2.75, 3.05) is 13.1 Å². The van der Waals surface area contributed by atoms with E-state index < -0.39 is 24.3 Å². The van der Waals surface area contributed by atoms with Crippen molar-refractivity contribution in [3.05, 3.63) is 0 Å². The van der Waals surface area contributed by atoms with E-state index >= 15 is 0 Å². The number of hydrogen-bond acceptors (Lipinski definition) is 4. The number of nitrogens with one attached hydrogen (secondary N) is 2. The minimum atomic E-state index is -0.590. The summed E-state index contributed by atoms with van der Waals surface area (Å²) in [7, 11) is 0. The van der Waals surface area contributed by atoms with Gasteiger partial charge in [-0.2, -0.15) is 0 Å². The van der Waals surface area contributed by atoms with Crippen LogP contribution in [0.15, 0.2) is 0 Å². The Hall–Kier alpha value is 0.190.